The van der Waals surface area contributed by atoms with Gasteiger partial charge < -0.3 is 0 Å². The van der Waals surface area contributed by atoms with Gasteiger partial charge in [-0.3, -0.25) is 0 Å². The topological polar surface area (TPSA) is 0 Å². The van der Waals surface area contributed by atoms with Gasteiger partial charge in [-0.05, 0) is 0 Å². The summed E-state index contributed by atoms with van der Waals surface area (Å²) < 4.78 is 0.975. The molecule has 3 aromatic rings. The summed E-state index contributed by atoms with van der Waals surface area (Å²) in [7, 11) is -2.21. The Morgan fingerprint density at radius 1 is 0.600 bits per heavy atom. The molecule has 30 heavy (non-hydrogen) atoms. The van der Waals surface area contributed by atoms with Crippen LogP contribution in [0.25, 0.3) is 10.4 Å². The van der Waals surface area contributed by atoms with Gasteiger partial charge in [-0.1, -0.05) is 0 Å². The van der Waals surface area contributed by atoms with E-state index in [4.69, 9.17) is 0 Å². The van der Waals surface area contributed by atoms with E-state index in [9.17, 15) is 0 Å². The van der Waals surface area contributed by atoms with Gasteiger partial charge in [0.2, 0.25) is 0 Å². The minimum atomic E-state index is -2.21. The van der Waals surface area contributed by atoms with Crippen LogP contribution in [0.5, 0.6) is 0 Å². The first-order valence-electron chi connectivity index (χ1n) is 11.1. The van der Waals surface area contributed by atoms with Crippen LogP contribution in [-0.2, 0) is 0 Å². The summed E-state index contributed by atoms with van der Waals surface area (Å²) in [5, 5.41) is 4.78. The van der Waals surface area contributed by atoms with Gasteiger partial charge in [-0.2, -0.15) is 0 Å². The molecular weight excluding hydrogens is 366 g/mol. The number of hydrogen-bond donors (Lipinski definition) is 0. The molecule has 3 heteroatoms. The van der Waals surface area contributed by atoms with E-state index in [2.05, 4.69) is 135 Å². The SMILES string of the molecule is [Li][CH]1C(C)=C([Si](C)(C2=C(C)[CH]([Li])c3ccccc32)c2ccccc2)c2ccccc21. The molecule has 3 aromatic carbocycles. The molecule has 0 saturated carbocycles. The second-order valence-corrected chi connectivity index (χ2v) is 13.1. The van der Waals surface area contributed by atoms with E-state index in [0.717, 1.165) is 0 Å². The van der Waals surface area contributed by atoms with Crippen LogP contribution in [0.15, 0.2) is 90.0 Å². The third kappa shape index (κ3) is 2.81. The Bertz CT molecular complexity index is 1130. The van der Waals surface area contributed by atoms with Crippen molar-refractivity contribution in [3.8, 4) is 0 Å². The van der Waals surface area contributed by atoms with Crippen LogP contribution in [0.4, 0.5) is 0 Å². The van der Waals surface area contributed by atoms with Crippen molar-refractivity contribution in [1.82, 2.24) is 0 Å². The predicted octanol–water partition coefficient (Wildman–Crippen LogP) is 5.44. The van der Waals surface area contributed by atoms with E-state index in [0.29, 0.717) is 9.18 Å². The van der Waals surface area contributed by atoms with Crippen LogP contribution in [0.3, 0.4) is 0 Å². The average molecular weight is 390 g/mol. The fraction of sp³-hybridized carbons (Fsp3) is 0.185. The van der Waals surface area contributed by atoms with Crippen molar-refractivity contribution in [2.75, 3.05) is 0 Å². The Hall–Kier alpha value is -1.45. The molecule has 2 unspecified atom stereocenters. The normalized spacial score (nSPS) is 22.2. The summed E-state index contributed by atoms with van der Waals surface area (Å²) in [4.78, 5) is 0. The molecule has 0 N–H and O–H groups in total. The van der Waals surface area contributed by atoms with Crippen molar-refractivity contribution in [1.29, 1.82) is 0 Å². The van der Waals surface area contributed by atoms with E-state index in [1.165, 1.54) is 27.4 Å². The maximum absolute atomic E-state index is 2.60. The van der Waals surface area contributed by atoms with Crippen molar-refractivity contribution in [3.05, 3.63) is 112 Å². The predicted molar refractivity (Wildman–Crippen MR) is 133 cm³/mol. The van der Waals surface area contributed by atoms with Gasteiger partial charge in [0.25, 0.3) is 0 Å². The zero-order valence-electron chi connectivity index (χ0n) is 18.7. The van der Waals surface area contributed by atoms with Crippen molar-refractivity contribution in [2.24, 2.45) is 0 Å². The molecular formula is C27H24Li2Si. The summed E-state index contributed by atoms with van der Waals surface area (Å²) in [6.07, 6.45) is 0. The van der Waals surface area contributed by atoms with Crippen LogP contribution >= 0.6 is 0 Å². The Labute approximate surface area is 199 Å². The van der Waals surface area contributed by atoms with Crippen LogP contribution in [-0.4, -0.2) is 43.5 Å². The third-order valence-electron chi connectivity index (χ3n) is 7.83. The van der Waals surface area contributed by atoms with Gasteiger partial charge >= 0.3 is 201 Å². The molecule has 2 aliphatic carbocycles. The van der Waals surface area contributed by atoms with Gasteiger partial charge in [0.1, 0.15) is 0 Å². The number of allylic oxidation sites excluding steroid dienone is 2. The quantitative estimate of drug-likeness (QED) is 0.522. The van der Waals surface area contributed by atoms with Crippen molar-refractivity contribution in [3.63, 3.8) is 0 Å². The van der Waals surface area contributed by atoms with E-state index >= 15 is 0 Å². The molecule has 0 saturated heterocycles. The molecule has 0 aromatic heterocycles. The zero-order chi connectivity index (χ0) is 21.0. The molecule has 2 aliphatic rings. The zero-order valence-corrected chi connectivity index (χ0v) is 19.7. The van der Waals surface area contributed by atoms with Crippen molar-refractivity contribution < 1.29 is 0 Å². The molecule has 0 nitrogen and oxygen atoms in total. The standard InChI is InChI=1S/C27H24Si.2Li/c1-19-17-21-11-7-9-15-24(21)26(19)28(3,23-13-5-4-6-14-23)27-20(2)18-22-12-8-10-16-25(22)27;;/h4-18H,1-3H3;;. The number of benzene rings is 3. The van der Waals surface area contributed by atoms with Gasteiger partial charge in [0.05, 0.1) is 0 Å². The minimum absolute atomic E-state index is 0.488. The van der Waals surface area contributed by atoms with E-state index < -0.39 is 8.07 Å². The van der Waals surface area contributed by atoms with Crippen LogP contribution in [0.1, 0.15) is 45.3 Å². The van der Waals surface area contributed by atoms with Crippen molar-refractivity contribution in [2.45, 2.75) is 29.6 Å². The number of rotatable bonds is 3. The molecule has 0 aliphatic heterocycles. The first-order valence-corrected chi connectivity index (χ1v) is 13.6. The maximum atomic E-state index is 2.60. The van der Waals surface area contributed by atoms with Gasteiger partial charge in [-0.15, -0.1) is 0 Å². The fourth-order valence-electron chi connectivity index (χ4n) is 6.04. The van der Waals surface area contributed by atoms with Crippen molar-refractivity contribution >= 4 is 59.1 Å². The number of fused-ring (bicyclic) bond motifs is 2. The summed E-state index contributed by atoms with van der Waals surface area (Å²) >= 11 is 4.76. The van der Waals surface area contributed by atoms with E-state index in [1.54, 1.807) is 21.5 Å². The van der Waals surface area contributed by atoms with Crippen LogP contribution in [0.2, 0.25) is 6.55 Å². The van der Waals surface area contributed by atoms with Gasteiger partial charge in [0, 0.05) is 0 Å². The molecule has 0 spiro atoms. The molecule has 0 amide bonds. The second-order valence-electron chi connectivity index (χ2n) is 9.22. The Morgan fingerprint density at radius 3 is 1.47 bits per heavy atom. The molecule has 0 radical (unpaired) electrons. The van der Waals surface area contributed by atoms with E-state index in [-0.39, 0.29) is 0 Å². The fourth-order valence-corrected chi connectivity index (χ4v) is 11.3. The molecule has 0 fully saturated rings. The molecule has 138 valence electrons. The summed E-state index contributed by atoms with van der Waals surface area (Å²) in [6.45, 7) is 7.37. The molecule has 2 atom stereocenters. The first kappa shape index (κ1) is 20.5. The van der Waals surface area contributed by atoms with Crippen LogP contribution in [0, 0.1) is 0 Å². The Balaban J connectivity index is 1.87. The molecule has 0 heterocycles. The second kappa shape index (κ2) is 7.60. The van der Waals surface area contributed by atoms with E-state index in [1.807, 2.05) is 0 Å². The summed E-state index contributed by atoms with van der Waals surface area (Å²) in [5.41, 5.74) is 9.09. The first-order chi connectivity index (χ1) is 14.5. The molecule has 0 bridgehead atoms. The summed E-state index contributed by atoms with van der Waals surface area (Å²) in [6, 6.07) is 29.6. The van der Waals surface area contributed by atoms with Gasteiger partial charge in [-0.25, -0.2) is 0 Å². The summed E-state index contributed by atoms with van der Waals surface area (Å²) in [5.74, 6) is 0. The van der Waals surface area contributed by atoms with Gasteiger partial charge in [0.15, 0.2) is 0 Å². The average Bonchev–Trinajstić information content (AvgIpc) is 3.19. The van der Waals surface area contributed by atoms with Crippen LogP contribution < -0.4 is 5.19 Å². The molecule has 5 rings (SSSR count). The Morgan fingerprint density at radius 2 is 1.00 bits per heavy atom. The Kier molecular flexibility index (Phi) is 5.18. The monoisotopic (exact) mass is 390 g/mol. The third-order valence-corrected chi connectivity index (χ3v) is 12.6. The number of hydrogen-bond acceptors (Lipinski definition) is 0.